The van der Waals surface area contributed by atoms with Crippen LogP contribution in [0.2, 0.25) is 5.02 Å². The first-order chi connectivity index (χ1) is 17.9. The third-order valence-electron chi connectivity index (χ3n) is 5.89. The zero-order valence-electron chi connectivity index (χ0n) is 20.8. The van der Waals surface area contributed by atoms with Crippen LogP contribution in [-0.2, 0) is 0 Å². The lowest BCUT2D eigenvalue weighted by Gasteiger charge is -2.18. The molecule has 3 amide bonds. The number of likely N-dealkylation sites (tertiary alicyclic amines) is 1. The van der Waals surface area contributed by atoms with Crippen LogP contribution in [0.15, 0.2) is 54.7 Å². The van der Waals surface area contributed by atoms with Gasteiger partial charge in [-0.3, -0.25) is 14.7 Å². The Bertz CT molecular complexity index is 1260. The summed E-state index contributed by atoms with van der Waals surface area (Å²) in [5, 5.41) is 8.77. The Morgan fingerprint density at radius 3 is 2.62 bits per heavy atom. The maximum absolute atomic E-state index is 12.8. The number of anilines is 2. The molecule has 0 unspecified atom stereocenters. The number of nitrogens with one attached hydrogen (secondary N) is 3. The van der Waals surface area contributed by atoms with Crippen molar-refractivity contribution >= 4 is 34.9 Å². The number of amides is 3. The molecule has 3 aromatic rings. The fourth-order valence-corrected chi connectivity index (χ4v) is 4.11. The van der Waals surface area contributed by atoms with Crippen molar-refractivity contribution in [1.29, 1.82) is 0 Å². The molecule has 0 atom stereocenters. The van der Waals surface area contributed by atoms with Crippen LogP contribution in [0, 0.1) is 6.92 Å². The van der Waals surface area contributed by atoms with Gasteiger partial charge in [-0.05, 0) is 62.7 Å². The molecule has 0 aliphatic carbocycles. The number of benzene rings is 2. The van der Waals surface area contributed by atoms with Gasteiger partial charge in [-0.15, -0.1) is 0 Å². The van der Waals surface area contributed by atoms with Gasteiger partial charge >= 0.3 is 6.03 Å². The van der Waals surface area contributed by atoms with Crippen LogP contribution in [-0.4, -0.2) is 55.1 Å². The molecule has 1 aliphatic heterocycles. The highest BCUT2D eigenvalue weighted by molar-refractivity contribution is 6.31. The number of urea groups is 1. The van der Waals surface area contributed by atoms with Crippen LogP contribution in [0.4, 0.5) is 16.2 Å². The van der Waals surface area contributed by atoms with Gasteiger partial charge in [0.1, 0.15) is 29.5 Å². The molecule has 0 spiro atoms. The summed E-state index contributed by atoms with van der Waals surface area (Å²) in [4.78, 5) is 31.0. The van der Waals surface area contributed by atoms with E-state index in [-0.39, 0.29) is 11.6 Å². The summed E-state index contributed by atoms with van der Waals surface area (Å²) in [6, 6.07) is 13.2. The number of halogens is 1. The second kappa shape index (κ2) is 12.4. The van der Waals surface area contributed by atoms with Crippen molar-refractivity contribution in [2.45, 2.75) is 19.8 Å². The van der Waals surface area contributed by atoms with Crippen molar-refractivity contribution in [1.82, 2.24) is 15.2 Å². The van der Waals surface area contributed by atoms with Gasteiger partial charge in [0.2, 0.25) is 0 Å². The number of pyridine rings is 1. The van der Waals surface area contributed by atoms with E-state index in [4.69, 9.17) is 21.1 Å². The third kappa shape index (κ3) is 7.34. The molecule has 1 aromatic heterocycles. The molecule has 2 aromatic carbocycles. The summed E-state index contributed by atoms with van der Waals surface area (Å²) in [5.41, 5.74) is 2.13. The molecule has 1 aliphatic rings. The summed E-state index contributed by atoms with van der Waals surface area (Å²) >= 11 is 6.32. The molecule has 10 heteroatoms. The van der Waals surface area contributed by atoms with Gasteiger partial charge in [0.15, 0.2) is 0 Å². The number of hydrogen-bond donors (Lipinski definition) is 3. The number of hydrogen-bond acceptors (Lipinski definition) is 6. The van der Waals surface area contributed by atoms with E-state index in [0.717, 1.165) is 25.2 Å². The predicted octanol–water partition coefficient (Wildman–Crippen LogP) is 5.31. The number of carbonyl (C=O) groups is 2. The first-order valence-electron chi connectivity index (χ1n) is 12.1. The molecule has 9 nitrogen and oxygen atoms in total. The molecule has 1 saturated heterocycles. The largest absolute Gasteiger partial charge is 0.490 e. The summed E-state index contributed by atoms with van der Waals surface area (Å²) in [7, 11) is 1.53. The number of carbonyl (C=O) groups excluding carboxylic acids is 2. The Morgan fingerprint density at radius 2 is 1.84 bits per heavy atom. The molecule has 194 valence electrons. The SMILES string of the molecule is CNC(=O)c1cc(Oc2cccc(NC(=O)Nc3cc(C)c(Cl)cc3OCCN3CCCC3)c2)ccn1. The van der Waals surface area contributed by atoms with Gasteiger partial charge in [0, 0.05) is 48.7 Å². The monoisotopic (exact) mass is 523 g/mol. The lowest BCUT2D eigenvalue weighted by molar-refractivity contribution is 0.0957. The lowest BCUT2D eigenvalue weighted by atomic mass is 10.2. The van der Waals surface area contributed by atoms with E-state index in [9.17, 15) is 9.59 Å². The molecular formula is C27H30ClN5O4. The minimum atomic E-state index is -0.436. The van der Waals surface area contributed by atoms with E-state index in [1.807, 2.05) is 6.92 Å². The normalized spacial score (nSPS) is 13.2. The van der Waals surface area contributed by atoms with Crippen molar-refractivity contribution in [2.75, 3.05) is 43.9 Å². The topological polar surface area (TPSA) is 105 Å². The van der Waals surface area contributed by atoms with E-state index in [0.29, 0.717) is 40.3 Å². The minimum Gasteiger partial charge on any atom is -0.490 e. The van der Waals surface area contributed by atoms with Crippen molar-refractivity contribution in [3.63, 3.8) is 0 Å². The summed E-state index contributed by atoms with van der Waals surface area (Å²) in [5.74, 6) is 1.14. The van der Waals surface area contributed by atoms with E-state index >= 15 is 0 Å². The van der Waals surface area contributed by atoms with Gasteiger partial charge in [0.05, 0.1) is 5.69 Å². The Morgan fingerprint density at radius 1 is 1.05 bits per heavy atom. The number of aromatic nitrogens is 1. The molecule has 0 radical (unpaired) electrons. The number of ether oxygens (including phenoxy) is 2. The van der Waals surface area contributed by atoms with Crippen LogP contribution >= 0.6 is 11.6 Å². The lowest BCUT2D eigenvalue weighted by Crippen LogP contribution is -2.25. The second-order valence-electron chi connectivity index (χ2n) is 8.66. The van der Waals surface area contributed by atoms with Crippen molar-refractivity contribution in [3.8, 4) is 17.2 Å². The Labute approximate surface area is 221 Å². The third-order valence-corrected chi connectivity index (χ3v) is 6.30. The average Bonchev–Trinajstić information content (AvgIpc) is 3.40. The van der Waals surface area contributed by atoms with E-state index < -0.39 is 6.03 Å². The number of aryl methyl sites for hydroxylation is 1. The molecule has 0 saturated carbocycles. The summed E-state index contributed by atoms with van der Waals surface area (Å²) < 4.78 is 11.8. The van der Waals surface area contributed by atoms with Gasteiger partial charge < -0.3 is 25.4 Å². The molecule has 1 fully saturated rings. The molecule has 3 N–H and O–H groups in total. The Hall–Kier alpha value is -3.82. The van der Waals surface area contributed by atoms with Crippen molar-refractivity contribution in [3.05, 3.63) is 71.0 Å². The van der Waals surface area contributed by atoms with E-state index in [1.54, 1.807) is 48.5 Å². The first kappa shape index (κ1) is 26.2. The number of rotatable bonds is 9. The van der Waals surface area contributed by atoms with Crippen LogP contribution in [0.1, 0.15) is 28.9 Å². The standard InChI is InChI=1S/C27H30ClN5O4/c1-18-14-23(25(17-22(18)28)36-13-12-33-10-3-4-11-33)32-27(35)31-19-6-5-7-20(15-19)37-21-8-9-30-24(16-21)26(34)29-2/h5-9,14-17H,3-4,10-13H2,1-2H3,(H,29,34)(H2,31,32,35). The van der Waals surface area contributed by atoms with Gasteiger partial charge in [-0.1, -0.05) is 17.7 Å². The van der Waals surface area contributed by atoms with E-state index in [2.05, 4.69) is 25.8 Å². The van der Waals surface area contributed by atoms with Crippen LogP contribution in [0.25, 0.3) is 0 Å². The van der Waals surface area contributed by atoms with Crippen molar-refractivity contribution < 1.29 is 19.1 Å². The zero-order valence-corrected chi connectivity index (χ0v) is 21.6. The predicted molar refractivity (Wildman–Crippen MR) is 144 cm³/mol. The smallest absolute Gasteiger partial charge is 0.323 e. The fraction of sp³-hybridized carbons (Fsp3) is 0.296. The molecule has 2 heterocycles. The van der Waals surface area contributed by atoms with Gasteiger partial charge in [-0.2, -0.15) is 0 Å². The van der Waals surface area contributed by atoms with Gasteiger partial charge in [-0.25, -0.2) is 4.79 Å². The quantitative estimate of drug-likeness (QED) is 0.351. The highest BCUT2D eigenvalue weighted by atomic mass is 35.5. The second-order valence-corrected chi connectivity index (χ2v) is 9.07. The zero-order chi connectivity index (χ0) is 26.2. The van der Waals surface area contributed by atoms with E-state index in [1.165, 1.54) is 26.1 Å². The minimum absolute atomic E-state index is 0.241. The first-order valence-corrected chi connectivity index (χ1v) is 12.5. The maximum atomic E-state index is 12.8. The summed E-state index contributed by atoms with van der Waals surface area (Å²) in [6.45, 7) is 5.38. The highest BCUT2D eigenvalue weighted by Crippen LogP contribution is 2.32. The van der Waals surface area contributed by atoms with Crippen LogP contribution in [0.5, 0.6) is 17.2 Å². The molecular weight excluding hydrogens is 494 g/mol. The maximum Gasteiger partial charge on any atom is 0.323 e. The average molecular weight is 524 g/mol. The van der Waals surface area contributed by atoms with Crippen molar-refractivity contribution in [2.24, 2.45) is 0 Å². The van der Waals surface area contributed by atoms with Crippen LogP contribution < -0.4 is 25.4 Å². The molecule has 37 heavy (non-hydrogen) atoms. The molecule has 4 rings (SSSR count). The Kier molecular flexibility index (Phi) is 8.81. The summed E-state index contributed by atoms with van der Waals surface area (Å²) in [6.07, 6.45) is 3.93. The fourth-order valence-electron chi connectivity index (χ4n) is 3.96. The Balaban J connectivity index is 1.39. The highest BCUT2D eigenvalue weighted by Gasteiger charge is 2.15. The van der Waals surface area contributed by atoms with Crippen LogP contribution in [0.3, 0.4) is 0 Å². The number of nitrogens with zero attached hydrogens (tertiary/aromatic N) is 2. The molecule has 0 bridgehead atoms. The van der Waals surface area contributed by atoms with Gasteiger partial charge in [0.25, 0.3) is 5.91 Å².